The van der Waals surface area contributed by atoms with E-state index in [1.165, 1.54) is 89.9 Å². The highest BCUT2D eigenvalue weighted by atomic mass is 31.2. The molecule has 0 fully saturated rings. The minimum atomic E-state index is -4.94. The molecule has 0 aliphatic rings. The average Bonchev–Trinajstić information content (AvgIpc) is 3.43. The monoisotopic (exact) mass is 1200 g/mol. The molecule has 3 N–H and O–H groups in total. The fourth-order valence-corrected chi connectivity index (χ4v) is 10.6. The predicted molar refractivity (Wildman–Crippen MR) is 321 cm³/mol. The van der Waals surface area contributed by atoms with Crippen LogP contribution in [-0.2, 0) is 65.4 Å². The Bertz CT molecular complexity index is 1630. The number of unbranched alkanes of at least 4 members (excludes halogenated alkanes) is 22. The van der Waals surface area contributed by atoms with Crippen molar-refractivity contribution in [1.29, 1.82) is 0 Å². The number of esters is 4. The maximum atomic E-state index is 12.9. The second-order valence-corrected chi connectivity index (χ2v) is 26.6. The number of ether oxygens (including phenoxy) is 4. The van der Waals surface area contributed by atoms with E-state index in [-0.39, 0.29) is 25.7 Å². The lowest BCUT2D eigenvalue weighted by Gasteiger charge is -2.21. The minimum Gasteiger partial charge on any atom is -0.462 e. The molecule has 0 aromatic heterocycles. The van der Waals surface area contributed by atoms with Crippen molar-refractivity contribution in [3.8, 4) is 0 Å². The van der Waals surface area contributed by atoms with Gasteiger partial charge >= 0.3 is 39.5 Å². The zero-order valence-electron chi connectivity index (χ0n) is 52.4. The number of aliphatic hydroxyl groups excluding tert-OH is 1. The highest BCUT2D eigenvalue weighted by molar-refractivity contribution is 7.47. The molecule has 0 bridgehead atoms. The third-order valence-corrected chi connectivity index (χ3v) is 17.1. The van der Waals surface area contributed by atoms with Crippen LogP contribution in [0.3, 0.4) is 0 Å². The second-order valence-electron chi connectivity index (χ2n) is 23.6. The summed E-state index contributed by atoms with van der Waals surface area (Å²) in [5.41, 5.74) is 0. The highest BCUT2D eigenvalue weighted by Gasteiger charge is 2.30. The highest BCUT2D eigenvalue weighted by Crippen LogP contribution is 2.45. The van der Waals surface area contributed by atoms with E-state index in [0.717, 1.165) is 114 Å². The van der Waals surface area contributed by atoms with E-state index in [1.54, 1.807) is 0 Å². The molecule has 19 heteroatoms. The van der Waals surface area contributed by atoms with Gasteiger partial charge in [0.1, 0.15) is 19.3 Å². The van der Waals surface area contributed by atoms with Crippen molar-refractivity contribution in [2.75, 3.05) is 39.6 Å². The molecule has 0 saturated heterocycles. The summed E-state index contributed by atoms with van der Waals surface area (Å²) in [6.45, 7) is 13.9. The van der Waals surface area contributed by atoms with Gasteiger partial charge in [-0.25, -0.2) is 9.13 Å². The second kappa shape index (κ2) is 52.4. The standard InChI is InChI=1S/C62H120O17P2/c1-9-53(6)39-31-23-14-12-13-15-26-34-42-59(64)72-48-57(78-61(66)44-36-28-19-16-22-30-38-52(4)5)50-76-80(68,69)74-46-56(63)47-75-81(70,71)77-51-58(79-62(67)45-37-29-21-18-25-33-41-55(8)11-3)49-73-60(65)43-35-27-20-17-24-32-40-54(7)10-2/h52-58,63H,9-51H2,1-8H3,(H,68,69)(H,70,71)/t53?,54?,55?,56-,57-,58-/m1/s1. The first-order chi connectivity index (χ1) is 38.7. The number of rotatable bonds is 59. The molecule has 5 unspecified atom stereocenters. The molecule has 0 aromatic carbocycles. The van der Waals surface area contributed by atoms with Gasteiger partial charge in [-0.2, -0.15) is 0 Å². The molecule has 17 nitrogen and oxygen atoms in total. The Hall–Kier alpha value is -1.94. The Morgan fingerprint density at radius 1 is 0.346 bits per heavy atom. The van der Waals surface area contributed by atoms with Crippen molar-refractivity contribution >= 4 is 39.5 Å². The Morgan fingerprint density at radius 3 is 0.877 bits per heavy atom. The van der Waals surface area contributed by atoms with E-state index in [0.29, 0.717) is 31.6 Å². The first-order valence-electron chi connectivity index (χ1n) is 32.3. The van der Waals surface area contributed by atoms with Crippen LogP contribution in [0, 0.1) is 23.7 Å². The summed E-state index contributed by atoms with van der Waals surface area (Å²) in [7, 11) is -9.89. The van der Waals surface area contributed by atoms with Crippen LogP contribution < -0.4 is 0 Å². The first-order valence-corrected chi connectivity index (χ1v) is 35.3. The lowest BCUT2D eigenvalue weighted by Crippen LogP contribution is -2.30. The maximum Gasteiger partial charge on any atom is 0.472 e. The third kappa shape index (κ3) is 53.3. The molecule has 0 saturated carbocycles. The summed E-state index contributed by atoms with van der Waals surface area (Å²) in [6.07, 6.45) is 30.9. The summed E-state index contributed by atoms with van der Waals surface area (Å²) in [4.78, 5) is 72.1. The lowest BCUT2D eigenvalue weighted by atomic mass is 9.99. The van der Waals surface area contributed by atoms with Crippen LogP contribution >= 0.6 is 15.6 Å². The number of carbonyl (C=O) groups is 4. The summed E-state index contributed by atoms with van der Waals surface area (Å²) in [6, 6.07) is 0. The summed E-state index contributed by atoms with van der Waals surface area (Å²) >= 11 is 0. The van der Waals surface area contributed by atoms with Crippen LogP contribution in [-0.4, -0.2) is 96.7 Å². The van der Waals surface area contributed by atoms with E-state index in [9.17, 15) is 43.2 Å². The van der Waals surface area contributed by atoms with Gasteiger partial charge in [-0.05, 0) is 49.4 Å². The quantitative estimate of drug-likeness (QED) is 0.0222. The van der Waals surface area contributed by atoms with Crippen molar-refractivity contribution < 1.29 is 80.2 Å². The normalized spacial score (nSPS) is 15.5. The lowest BCUT2D eigenvalue weighted by molar-refractivity contribution is -0.161. The van der Waals surface area contributed by atoms with Crippen LogP contribution in [0.5, 0.6) is 0 Å². The third-order valence-electron chi connectivity index (χ3n) is 15.2. The van der Waals surface area contributed by atoms with Crippen molar-refractivity contribution in [1.82, 2.24) is 0 Å². The van der Waals surface area contributed by atoms with Crippen molar-refractivity contribution in [3.63, 3.8) is 0 Å². The molecular formula is C62H120O17P2. The van der Waals surface area contributed by atoms with E-state index in [4.69, 9.17) is 37.0 Å². The fraction of sp³-hybridized carbons (Fsp3) is 0.935. The van der Waals surface area contributed by atoms with Gasteiger partial charge < -0.3 is 33.8 Å². The van der Waals surface area contributed by atoms with Gasteiger partial charge in [0.2, 0.25) is 0 Å². The predicted octanol–water partition coefficient (Wildman–Crippen LogP) is 16.6. The summed E-state index contributed by atoms with van der Waals surface area (Å²) in [5.74, 6) is 0.749. The van der Waals surface area contributed by atoms with Crippen LogP contribution in [0.15, 0.2) is 0 Å². The molecule has 8 atom stereocenters. The molecule has 81 heavy (non-hydrogen) atoms. The van der Waals surface area contributed by atoms with E-state index < -0.39 is 97.5 Å². The average molecular weight is 1200 g/mol. The van der Waals surface area contributed by atoms with Crippen molar-refractivity contribution in [2.45, 2.75) is 311 Å². The van der Waals surface area contributed by atoms with Gasteiger partial charge in [-0.1, -0.05) is 242 Å². The fourth-order valence-electron chi connectivity index (χ4n) is 8.98. The van der Waals surface area contributed by atoms with Gasteiger partial charge in [0, 0.05) is 25.7 Å². The largest absolute Gasteiger partial charge is 0.472 e. The van der Waals surface area contributed by atoms with Gasteiger partial charge in [-0.3, -0.25) is 37.3 Å². The van der Waals surface area contributed by atoms with Gasteiger partial charge in [-0.15, -0.1) is 0 Å². The number of phosphoric ester groups is 2. The molecule has 0 amide bonds. The molecule has 0 radical (unpaired) electrons. The van der Waals surface area contributed by atoms with Crippen LogP contribution in [0.25, 0.3) is 0 Å². The van der Waals surface area contributed by atoms with Gasteiger partial charge in [0.15, 0.2) is 12.2 Å². The summed E-state index contributed by atoms with van der Waals surface area (Å²) < 4.78 is 67.9. The molecule has 0 spiro atoms. The smallest absolute Gasteiger partial charge is 0.462 e. The Morgan fingerprint density at radius 2 is 0.593 bits per heavy atom. The zero-order chi connectivity index (χ0) is 60.4. The van der Waals surface area contributed by atoms with Crippen LogP contribution in [0.4, 0.5) is 0 Å². The van der Waals surface area contributed by atoms with Crippen molar-refractivity contribution in [3.05, 3.63) is 0 Å². The Kier molecular flexibility index (Phi) is 51.1. The Labute approximate surface area is 492 Å². The van der Waals surface area contributed by atoms with E-state index in [1.807, 2.05) is 0 Å². The zero-order valence-corrected chi connectivity index (χ0v) is 54.2. The number of carbonyl (C=O) groups excluding carboxylic acids is 4. The number of aliphatic hydroxyl groups is 1. The summed E-state index contributed by atoms with van der Waals surface area (Å²) in [5, 5.41) is 10.5. The molecule has 0 rings (SSSR count). The molecule has 0 aliphatic carbocycles. The van der Waals surface area contributed by atoms with Crippen molar-refractivity contribution in [2.24, 2.45) is 23.7 Å². The van der Waals surface area contributed by atoms with Gasteiger partial charge in [0.25, 0.3) is 0 Å². The minimum absolute atomic E-state index is 0.101. The molecular weight excluding hydrogens is 1080 g/mol. The Balaban J connectivity index is 5.25. The molecule has 0 aliphatic heterocycles. The SMILES string of the molecule is CCC(C)CCCCCCCCCCC(=O)OC[C@H](COP(=O)(O)OC[C@@H](O)COP(=O)(O)OC[C@@H](COC(=O)CCCCCCCCC(C)CC)OC(=O)CCCCCCCCC(C)CC)OC(=O)CCCCCCCCC(C)C. The first kappa shape index (κ1) is 79.1. The van der Waals surface area contributed by atoms with Gasteiger partial charge in [0.05, 0.1) is 26.4 Å². The molecule has 480 valence electrons. The molecule has 0 aromatic rings. The van der Waals surface area contributed by atoms with E-state index in [2.05, 4.69) is 55.4 Å². The van der Waals surface area contributed by atoms with E-state index >= 15 is 0 Å². The topological polar surface area (TPSA) is 237 Å². The van der Waals surface area contributed by atoms with Crippen LogP contribution in [0.2, 0.25) is 0 Å². The number of hydrogen-bond acceptors (Lipinski definition) is 15. The number of hydrogen-bond donors (Lipinski definition) is 3. The number of phosphoric acid groups is 2. The maximum absolute atomic E-state index is 12.9. The van der Waals surface area contributed by atoms with Crippen LogP contribution in [0.1, 0.15) is 293 Å². The molecule has 0 heterocycles.